The molecule has 2 aromatic carbocycles. The molecule has 0 saturated carbocycles. The lowest BCUT2D eigenvalue weighted by Gasteiger charge is -2.17. The van der Waals surface area contributed by atoms with E-state index in [1.807, 2.05) is 59.4 Å². The smallest absolute Gasteiger partial charge is 0.0840 e. The van der Waals surface area contributed by atoms with Crippen molar-refractivity contribution in [3.8, 4) is 5.69 Å². The summed E-state index contributed by atoms with van der Waals surface area (Å²) in [6, 6.07) is 16.0. The highest BCUT2D eigenvalue weighted by atomic mass is 16.3. The average Bonchev–Trinajstić information content (AvgIpc) is 2.81. The monoisotopic (exact) mass is 252 g/mol. The van der Waals surface area contributed by atoms with Gasteiger partial charge < -0.3 is 5.11 Å². The summed E-state index contributed by atoms with van der Waals surface area (Å²) in [6.45, 7) is 3.57. The number of nitrogens with zero attached hydrogens (tertiary/aromatic N) is 2. The van der Waals surface area contributed by atoms with Crippen LogP contribution < -0.4 is 0 Å². The highest BCUT2D eigenvalue weighted by molar-refractivity contribution is 5.81. The van der Waals surface area contributed by atoms with Crippen LogP contribution in [0.3, 0.4) is 0 Å². The number of aromatic nitrogens is 2. The lowest BCUT2D eigenvalue weighted by molar-refractivity contribution is 0.0787. The Kier molecular flexibility index (Phi) is 2.64. The highest BCUT2D eigenvalue weighted by Gasteiger charge is 2.17. The molecule has 0 bridgehead atoms. The van der Waals surface area contributed by atoms with E-state index in [4.69, 9.17) is 0 Å². The molecule has 3 nitrogen and oxygen atoms in total. The molecule has 3 aromatic rings. The molecule has 0 fully saturated rings. The van der Waals surface area contributed by atoms with E-state index < -0.39 is 5.60 Å². The van der Waals surface area contributed by atoms with Gasteiger partial charge in [0.15, 0.2) is 0 Å². The summed E-state index contributed by atoms with van der Waals surface area (Å²) in [5.41, 5.74) is 2.14. The molecule has 96 valence electrons. The van der Waals surface area contributed by atoms with Crippen molar-refractivity contribution >= 4 is 10.9 Å². The van der Waals surface area contributed by atoms with Crippen molar-refractivity contribution in [1.29, 1.82) is 0 Å². The first kappa shape index (κ1) is 11.9. The van der Waals surface area contributed by atoms with Gasteiger partial charge >= 0.3 is 0 Å². The van der Waals surface area contributed by atoms with E-state index in [0.29, 0.717) is 0 Å². The van der Waals surface area contributed by atoms with Gasteiger partial charge in [-0.1, -0.05) is 24.3 Å². The zero-order valence-electron chi connectivity index (χ0n) is 11.0. The van der Waals surface area contributed by atoms with Gasteiger partial charge in [-0.2, -0.15) is 5.10 Å². The molecule has 0 spiro atoms. The summed E-state index contributed by atoms with van der Waals surface area (Å²) in [4.78, 5) is 0. The van der Waals surface area contributed by atoms with E-state index >= 15 is 0 Å². The standard InChI is InChI=1S/C16H16N2O/c1-16(2,19)13-8-9-15-12(10-13)11-17-18(15)14-6-4-3-5-7-14/h3-11,19H,1-2H3. The average molecular weight is 252 g/mol. The summed E-state index contributed by atoms with van der Waals surface area (Å²) in [5.74, 6) is 0. The molecule has 19 heavy (non-hydrogen) atoms. The maximum Gasteiger partial charge on any atom is 0.0840 e. The Morgan fingerprint density at radius 1 is 1.05 bits per heavy atom. The predicted octanol–water partition coefficient (Wildman–Crippen LogP) is 3.25. The van der Waals surface area contributed by atoms with Crippen LogP contribution in [0.1, 0.15) is 19.4 Å². The maximum atomic E-state index is 10.0. The molecule has 1 aromatic heterocycles. The zero-order chi connectivity index (χ0) is 13.5. The maximum absolute atomic E-state index is 10.0. The Balaban J connectivity index is 2.16. The summed E-state index contributed by atoms with van der Waals surface area (Å²) in [7, 11) is 0. The Labute approximate surface area is 112 Å². The van der Waals surface area contributed by atoms with Crippen molar-refractivity contribution in [3.05, 3.63) is 60.3 Å². The molecule has 0 amide bonds. The van der Waals surface area contributed by atoms with Crippen LogP contribution in [-0.4, -0.2) is 14.9 Å². The quantitative estimate of drug-likeness (QED) is 0.760. The number of rotatable bonds is 2. The summed E-state index contributed by atoms with van der Waals surface area (Å²) >= 11 is 0. The number of aliphatic hydroxyl groups is 1. The number of hydrogen-bond acceptors (Lipinski definition) is 2. The molecule has 1 N–H and O–H groups in total. The largest absolute Gasteiger partial charge is 0.386 e. The van der Waals surface area contributed by atoms with Crippen molar-refractivity contribution in [1.82, 2.24) is 9.78 Å². The van der Waals surface area contributed by atoms with Gasteiger partial charge in [0.1, 0.15) is 0 Å². The van der Waals surface area contributed by atoms with Gasteiger partial charge in [0.25, 0.3) is 0 Å². The second-order valence-electron chi connectivity index (χ2n) is 5.22. The van der Waals surface area contributed by atoms with Crippen molar-refractivity contribution in [2.24, 2.45) is 0 Å². The lowest BCUT2D eigenvalue weighted by Crippen LogP contribution is -2.15. The van der Waals surface area contributed by atoms with Crippen LogP contribution in [0.25, 0.3) is 16.6 Å². The van der Waals surface area contributed by atoms with Crippen LogP contribution in [0.15, 0.2) is 54.7 Å². The van der Waals surface area contributed by atoms with Crippen LogP contribution in [0.4, 0.5) is 0 Å². The summed E-state index contributed by atoms with van der Waals surface area (Å²) < 4.78 is 1.91. The molecule has 0 saturated heterocycles. The fourth-order valence-corrected chi connectivity index (χ4v) is 2.19. The van der Waals surface area contributed by atoms with Gasteiger partial charge in [-0.25, -0.2) is 4.68 Å². The van der Waals surface area contributed by atoms with Crippen LogP contribution in [0.2, 0.25) is 0 Å². The summed E-state index contributed by atoms with van der Waals surface area (Å²) in [5, 5.41) is 15.5. The second kappa shape index (κ2) is 4.21. The Morgan fingerprint density at radius 2 is 1.79 bits per heavy atom. The van der Waals surface area contributed by atoms with Crippen LogP contribution in [0, 0.1) is 0 Å². The van der Waals surface area contributed by atoms with E-state index in [1.165, 1.54) is 0 Å². The minimum atomic E-state index is -0.830. The fraction of sp³-hybridized carbons (Fsp3) is 0.188. The third-order valence-electron chi connectivity index (χ3n) is 3.28. The molecule has 3 heteroatoms. The fourth-order valence-electron chi connectivity index (χ4n) is 2.19. The summed E-state index contributed by atoms with van der Waals surface area (Å²) in [6.07, 6.45) is 1.83. The van der Waals surface area contributed by atoms with Gasteiger partial charge in [-0.05, 0) is 43.7 Å². The molecular formula is C16H16N2O. The number of para-hydroxylation sites is 1. The van der Waals surface area contributed by atoms with Crippen molar-refractivity contribution < 1.29 is 5.11 Å². The molecule has 0 radical (unpaired) electrons. The molecule has 3 rings (SSSR count). The molecular weight excluding hydrogens is 236 g/mol. The number of fused-ring (bicyclic) bond motifs is 1. The van der Waals surface area contributed by atoms with Gasteiger partial charge in [-0.15, -0.1) is 0 Å². The van der Waals surface area contributed by atoms with Crippen LogP contribution in [-0.2, 0) is 5.60 Å². The van der Waals surface area contributed by atoms with Crippen molar-refractivity contribution in [2.75, 3.05) is 0 Å². The first-order valence-corrected chi connectivity index (χ1v) is 6.32. The first-order chi connectivity index (χ1) is 9.05. The van der Waals surface area contributed by atoms with E-state index in [0.717, 1.165) is 22.2 Å². The molecule has 0 aliphatic carbocycles. The second-order valence-corrected chi connectivity index (χ2v) is 5.22. The van der Waals surface area contributed by atoms with Crippen LogP contribution in [0.5, 0.6) is 0 Å². The molecule has 0 atom stereocenters. The number of benzene rings is 2. The molecule has 1 heterocycles. The SMILES string of the molecule is CC(C)(O)c1ccc2c(cnn2-c2ccccc2)c1. The minimum Gasteiger partial charge on any atom is -0.386 e. The molecule has 0 unspecified atom stereocenters. The normalized spacial score (nSPS) is 11.9. The van der Waals surface area contributed by atoms with E-state index in [9.17, 15) is 5.11 Å². The Hall–Kier alpha value is -2.13. The van der Waals surface area contributed by atoms with Crippen LogP contribution >= 0.6 is 0 Å². The van der Waals surface area contributed by atoms with E-state index in [1.54, 1.807) is 13.8 Å². The Bertz CT molecular complexity index is 708. The van der Waals surface area contributed by atoms with Gasteiger partial charge in [-0.3, -0.25) is 0 Å². The van der Waals surface area contributed by atoms with Crippen molar-refractivity contribution in [2.45, 2.75) is 19.4 Å². The lowest BCUT2D eigenvalue weighted by atomic mass is 9.97. The third-order valence-corrected chi connectivity index (χ3v) is 3.28. The molecule has 0 aliphatic rings. The number of hydrogen-bond donors (Lipinski definition) is 1. The first-order valence-electron chi connectivity index (χ1n) is 6.32. The Morgan fingerprint density at radius 3 is 2.47 bits per heavy atom. The minimum absolute atomic E-state index is 0.830. The topological polar surface area (TPSA) is 38.1 Å². The molecule has 0 aliphatic heterocycles. The predicted molar refractivity (Wildman–Crippen MR) is 76.3 cm³/mol. The van der Waals surface area contributed by atoms with Crippen molar-refractivity contribution in [3.63, 3.8) is 0 Å². The zero-order valence-corrected chi connectivity index (χ0v) is 11.0. The van der Waals surface area contributed by atoms with E-state index in [2.05, 4.69) is 5.10 Å². The highest BCUT2D eigenvalue weighted by Crippen LogP contribution is 2.25. The van der Waals surface area contributed by atoms with Gasteiger partial charge in [0, 0.05) is 5.39 Å². The van der Waals surface area contributed by atoms with Gasteiger partial charge in [0.05, 0.1) is 23.0 Å². The van der Waals surface area contributed by atoms with E-state index in [-0.39, 0.29) is 0 Å². The van der Waals surface area contributed by atoms with Gasteiger partial charge in [0.2, 0.25) is 0 Å². The third kappa shape index (κ3) is 2.13.